The highest BCUT2D eigenvalue weighted by Gasteiger charge is 2.11. The molecular formula is C18H30FN. The normalized spacial score (nSPS) is 12.6. The van der Waals surface area contributed by atoms with E-state index in [1.54, 1.807) is 12.1 Å². The third-order valence-electron chi connectivity index (χ3n) is 3.76. The van der Waals surface area contributed by atoms with E-state index in [1.165, 1.54) is 32.1 Å². The minimum Gasteiger partial charge on any atom is -0.314 e. The van der Waals surface area contributed by atoms with Crippen LogP contribution < -0.4 is 5.32 Å². The minimum atomic E-state index is -0.0678. The van der Waals surface area contributed by atoms with Crippen LogP contribution in [-0.2, 0) is 6.42 Å². The Kier molecular flexibility index (Phi) is 9.31. The molecule has 0 saturated heterocycles. The average molecular weight is 279 g/mol. The first-order chi connectivity index (χ1) is 9.77. The molecule has 0 radical (unpaired) electrons. The van der Waals surface area contributed by atoms with E-state index in [0.29, 0.717) is 6.04 Å². The van der Waals surface area contributed by atoms with Crippen LogP contribution in [0.3, 0.4) is 0 Å². The highest BCUT2D eigenvalue weighted by atomic mass is 19.1. The van der Waals surface area contributed by atoms with E-state index in [4.69, 9.17) is 0 Å². The van der Waals surface area contributed by atoms with Crippen molar-refractivity contribution in [2.45, 2.75) is 71.3 Å². The van der Waals surface area contributed by atoms with Gasteiger partial charge in [0.05, 0.1) is 0 Å². The number of benzene rings is 1. The van der Waals surface area contributed by atoms with Crippen LogP contribution in [0.4, 0.5) is 4.39 Å². The average Bonchev–Trinajstić information content (AvgIpc) is 2.46. The van der Waals surface area contributed by atoms with Crippen molar-refractivity contribution in [3.8, 4) is 0 Å². The van der Waals surface area contributed by atoms with Gasteiger partial charge in [0.25, 0.3) is 0 Å². The number of nitrogens with one attached hydrogen (secondary N) is 1. The van der Waals surface area contributed by atoms with E-state index < -0.39 is 0 Å². The van der Waals surface area contributed by atoms with Crippen molar-refractivity contribution in [2.24, 2.45) is 0 Å². The predicted molar refractivity (Wildman–Crippen MR) is 85.6 cm³/mol. The molecule has 0 fully saturated rings. The molecule has 1 nitrogen and oxygen atoms in total. The highest BCUT2D eigenvalue weighted by Crippen LogP contribution is 2.14. The molecule has 0 aliphatic heterocycles. The molecule has 114 valence electrons. The summed E-state index contributed by atoms with van der Waals surface area (Å²) < 4.78 is 13.7. The predicted octanol–water partition coefficient (Wildman–Crippen LogP) is 5.10. The molecule has 0 aromatic heterocycles. The molecule has 1 unspecified atom stereocenters. The molecule has 2 heteroatoms. The molecule has 1 rings (SSSR count). The summed E-state index contributed by atoms with van der Waals surface area (Å²) in [6.45, 7) is 5.44. The molecule has 0 bridgehead atoms. The number of rotatable bonds is 11. The van der Waals surface area contributed by atoms with Crippen LogP contribution in [0.2, 0.25) is 0 Å². The Morgan fingerprint density at radius 1 is 1.00 bits per heavy atom. The molecule has 1 aromatic carbocycles. The van der Waals surface area contributed by atoms with E-state index >= 15 is 0 Å². The lowest BCUT2D eigenvalue weighted by Gasteiger charge is -2.19. The molecule has 0 aliphatic carbocycles. The summed E-state index contributed by atoms with van der Waals surface area (Å²) in [6, 6.07) is 7.57. The molecule has 1 atom stereocenters. The zero-order valence-electron chi connectivity index (χ0n) is 13.1. The van der Waals surface area contributed by atoms with E-state index in [2.05, 4.69) is 19.2 Å². The van der Waals surface area contributed by atoms with Gasteiger partial charge in [-0.1, -0.05) is 64.2 Å². The van der Waals surface area contributed by atoms with Crippen molar-refractivity contribution in [3.63, 3.8) is 0 Å². The lowest BCUT2D eigenvalue weighted by Crippen LogP contribution is -2.32. The topological polar surface area (TPSA) is 12.0 Å². The summed E-state index contributed by atoms with van der Waals surface area (Å²) >= 11 is 0. The first-order valence-corrected chi connectivity index (χ1v) is 8.24. The molecule has 0 heterocycles. The maximum atomic E-state index is 13.7. The van der Waals surface area contributed by atoms with Gasteiger partial charge in [-0.05, 0) is 37.4 Å². The summed E-state index contributed by atoms with van der Waals surface area (Å²) in [5, 5.41) is 3.57. The summed E-state index contributed by atoms with van der Waals surface area (Å²) in [5.74, 6) is -0.0678. The molecule has 1 aromatic rings. The van der Waals surface area contributed by atoms with Crippen LogP contribution in [0.5, 0.6) is 0 Å². The summed E-state index contributed by atoms with van der Waals surface area (Å²) in [5.41, 5.74) is 0.842. The third kappa shape index (κ3) is 7.04. The Bertz CT molecular complexity index is 351. The maximum Gasteiger partial charge on any atom is 0.126 e. The van der Waals surface area contributed by atoms with Crippen LogP contribution in [0.1, 0.15) is 64.4 Å². The minimum absolute atomic E-state index is 0.0678. The second kappa shape index (κ2) is 10.8. The van der Waals surface area contributed by atoms with E-state index in [9.17, 15) is 4.39 Å². The van der Waals surface area contributed by atoms with Gasteiger partial charge in [-0.2, -0.15) is 0 Å². The number of hydrogen-bond acceptors (Lipinski definition) is 1. The largest absolute Gasteiger partial charge is 0.314 e. The van der Waals surface area contributed by atoms with Crippen molar-refractivity contribution in [2.75, 3.05) is 6.54 Å². The van der Waals surface area contributed by atoms with Gasteiger partial charge in [0.2, 0.25) is 0 Å². The van der Waals surface area contributed by atoms with Gasteiger partial charge in [0, 0.05) is 6.04 Å². The molecular weight excluding hydrogens is 249 g/mol. The van der Waals surface area contributed by atoms with Gasteiger partial charge in [-0.15, -0.1) is 0 Å². The van der Waals surface area contributed by atoms with Gasteiger partial charge in [0.1, 0.15) is 5.82 Å². The third-order valence-corrected chi connectivity index (χ3v) is 3.76. The van der Waals surface area contributed by atoms with Crippen molar-refractivity contribution >= 4 is 0 Å². The quantitative estimate of drug-likeness (QED) is 0.556. The molecule has 0 amide bonds. The van der Waals surface area contributed by atoms with Gasteiger partial charge in [-0.25, -0.2) is 4.39 Å². The van der Waals surface area contributed by atoms with Crippen molar-refractivity contribution in [3.05, 3.63) is 35.6 Å². The molecule has 1 N–H and O–H groups in total. The van der Waals surface area contributed by atoms with Crippen molar-refractivity contribution in [1.29, 1.82) is 0 Å². The molecule has 0 aliphatic rings. The van der Waals surface area contributed by atoms with Crippen LogP contribution in [0.15, 0.2) is 24.3 Å². The first kappa shape index (κ1) is 17.2. The van der Waals surface area contributed by atoms with Crippen molar-refractivity contribution in [1.82, 2.24) is 5.32 Å². The van der Waals surface area contributed by atoms with E-state index in [0.717, 1.165) is 31.4 Å². The van der Waals surface area contributed by atoms with Gasteiger partial charge < -0.3 is 5.32 Å². The number of hydrogen-bond donors (Lipinski definition) is 1. The lowest BCUT2D eigenvalue weighted by molar-refractivity contribution is 0.444. The van der Waals surface area contributed by atoms with E-state index in [1.807, 2.05) is 12.1 Å². The standard InChI is InChI=1S/C18H30FN/c1-3-5-6-7-8-12-17(20-14-4-2)15-16-11-9-10-13-18(16)19/h9-11,13,17,20H,3-8,12,14-15H2,1-2H3. The Balaban J connectivity index is 2.41. The number of halogens is 1. The van der Waals surface area contributed by atoms with Gasteiger partial charge in [0.15, 0.2) is 0 Å². The monoisotopic (exact) mass is 279 g/mol. The second-order valence-corrected chi connectivity index (χ2v) is 5.65. The SMILES string of the molecule is CCCCCCCC(Cc1ccccc1F)NCCC. The van der Waals surface area contributed by atoms with E-state index in [-0.39, 0.29) is 5.82 Å². The van der Waals surface area contributed by atoms with Crippen LogP contribution in [0, 0.1) is 5.82 Å². The molecule has 20 heavy (non-hydrogen) atoms. The van der Waals surface area contributed by atoms with Gasteiger partial charge in [-0.3, -0.25) is 0 Å². The van der Waals surface area contributed by atoms with Gasteiger partial charge >= 0.3 is 0 Å². The Morgan fingerprint density at radius 3 is 2.45 bits per heavy atom. The summed E-state index contributed by atoms with van der Waals surface area (Å²) in [7, 11) is 0. The number of unbranched alkanes of at least 4 members (excludes halogenated alkanes) is 4. The van der Waals surface area contributed by atoms with Crippen molar-refractivity contribution < 1.29 is 4.39 Å². The fraction of sp³-hybridized carbons (Fsp3) is 0.667. The second-order valence-electron chi connectivity index (χ2n) is 5.65. The Morgan fingerprint density at radius 2 is 1.75 bits per heavy atom. The summed E-state index contributed by atoms with van der Waals surface area (Å²) in [4.78, 5) is 0. The Labute approximate surface area is 124 Å². The molecule has 0 saturated carbocycles. The summed E-state index contributed by atoms with van der Waals surface area (Å²) in [6.07, 6.45) is 9.58. The zero-order chi connectivity index (χ0) is 14.6. The first-order valence-electron chi connectivity index (χ1n) is 8.24. The fourth-order valence-electron chi connectivity index (χ4n) is 2.55. The Hall–Kier alpha value is -0.890. The lowest BCUT2D eigenvalue weighted by atomic mass is 9.99. The van der Waals surface area contributed by atoms with Crippen LogP contribution in [0.25, 0.3) is 0 Å². The zero-order valence-corrected chi connectivity index (χ0v) is 13.1. The molecule has 0 spiro atoms. The van der Waals surface area contributed by atoms with Crippen LogP contribution >= 0.6 is 0 Å². The maximum absolute atomic E-state index is 13.7. The highest BCUT2D eigenvalue weighted by molar-refractivity contribution is 5.18. The van der Waals surface area contributed by atoms with Crippen LogP contribution in [-0.4, -0.2) is 12.6 Å². The smallest absolute Gasteiger partial charge is 0.126 e. The fourth-order valence-corrected chi connectivity index (χ4v) is 2.55.